The first-order valence-electron chi connectivity index (χ1n) is 5.26. The highest BCUT2D eigenvalue weighted by Gasteiger charge is 2.09. The second-order valence-electron chi connectivity index (χ2n) is 3.47. The fourth-order valence-electron chi connectivity index (χ4n) is 1.07. The van der Waals surface area contributed by atoms with Gasteiger partial charge in [0.1, 0.15) is 11.9 Å². The largest absolute Gasteiger partial charge is 0.514 e. The SMILES string of the molecule is C=Cc1cccc(OC(=O)OC(C)CC)c1. The molecule has 16 heavy (non-hydrogen) atoms. The molecular formula is C13H16O3. The van der Waals surface area contributed by atoms with Gasteiger partial charge in [0.15, 0.2) is 0 Å². The lowest BCUT2D eigenvalue weighted by Crippen LogP contribution is -2.17. The van der Waals surface area contributed by atoms with Crippen molar-refractivity contribution in [1.82, 2.24) is 0 Å². The van der Waals surface area contributed by atoms with E-state index in [1.165, 1.54) is 0 Å². The van der Waals surface area contributed by atoms with Crippen LogP contribution in [0.3, 0.4) is 0 Å². The summed E-state index contributed by atoms with van der Waals surface area (Å²) in [6.45, 7) is 7.40. The van der Waals surface area contributed by atoms with Gasteiger partial charge in [0.2, 0.25) is 0 Å². The van der Waals surface area contributed by atoms with Crippen LogP contribution >= 0.6 is 0 Å². The van der Waals surface area contributed by atoms with Crippen LogP contribution in [0, 0.1) is 0 Å². The fraction of sp³-hybridized carbons (Fsp3) is 0.308. The third-order valence-corrected chi connectivity index (χ3v) is 2.17. The summed E-state index contributed by atoms with van der Waals surface area (Å²) in [5.74, 6) is 0.464. The van der Waals surface area contributed by atoms with Gasteiger partial charge < -0.3 is 9.47 Å². The molecule has 0 saturated carbocycles. The Morgan fingerprint density at radius 3 is 2.94 bits per heavy atom. The van der Waals surface area contributed by atoms with Gasteiger partial charge >= 0.3 is 6.16 Å². The van der Waals surface area contributed by atoms with E-state index in [0.717, 1.165) is 12.0 Å². The molecule has 0 amide bonds. The molecule has 0 saturated heterocycles. The molecule has 0 heterocycles. The molecule has 0 aromatic heterocycles. The minimum absolute atomic E-state index is 0.130. The van der Waals surface area contributed by atoms with E-state index in [4.69, 9.17) is 9.47 Å². The first kappa shape index (κ1) is 12.3. The van der Waals surface area contributed by atoms with E-state index in [0.29, 0.717) is 5.75 Å². The summed E-state index contributed by atoms with van der Waals surface area (Å²) in [4.78, 5) is 11.3. The van der Waals surface area contributed by atoms with Crippen LogP contribution in [0.1, 0.15) is 25.8 Å². The molecule has 1 aromatic rings. The quantitative estimate of drug-likeness (QED) is 0.574. The van der Waals surface area contributed by atoms with Crippen molar-refractivity contribution in [2.45, 2.75) is 26.4 Å². The van der Waals surface area contributed by atoms with E-state index >= 15 is 0 Å². The highest BCUT2D eigenvalue weighted by atomic mass is 16.7. The molecule has 3 nitrogen and oxygen atoms in total. The zero-order chi connectivity index (χ0) is 12.0. The summed E-state index contributed by atoms with van der Waals surface area (Å²) in [5, 5.41) is 0. The lowest BCUT2D eigenvalue weighted by molar-refractivity contribution is 0.0643. The number of hydrogen-bond donors (Lipinski definition) is 0. The lowest BCUT2D eigenvalue weighted by Gasteiger charge is -2.10. The number of rotatable bonds is 4. The van der Waals surface area contributed by atoms with Crippen LogP contribution in [-0.4, -0.2) is 12.3 Å². The molecule has 0 radical (unpaired) electrons. The van der Waals surface area contributed by atoms with Crippen LogP contribution in [0.5, 0.6) is 5.75 Å². The van der Waals surface area contributed by atoms with Crippen molar-refractivity contribution in [1.29, 1.82) is 0 Å². The molecule has 0 N–H and O–H groups in total. The Morgan fingerprint density at radius 1 is 1.56 bits per heavy atom. The van der Waals surface area contributed by atoms with Gasteiger partial charge in [-0.3, -0.25) is 0 Å². The molecule has 0 aliphatic carbocycles. The molecule has 0 spiro atoms. The predicted molar refractivity (Wildman–Crippen MR) is 63.4 cm³/mol. The van der Waals surface area contributed by atoms with Crippen LogP contribution in [0.15, 0.2) is 30.8 Å². The standard InChI is InChI=1S/C13H16O3/c1-4-10(3)15-13(14)16-12-8-6-7-11(5-2)9-12/h5-10H,2,4H2,1,3H3. The average molecular weight is 220 g/mol. The summed E-state index contributed by atoms with van der Waals surface area (Å²) in [7, 11) is 0. The number of carbonyl (C=O) groups is 1. The molecule has 1 atom stereocenters. The Balaban J connectivity index is 2.58. The van der Waals surface area contributed by atoms with Crippen molar-refractivity contribution in [2.24, 2.45) is 0 Å². The maximum absolute atomic E-state index is 11.3. The zero-order valence-corrected chi connectivity index (χ0v) is 9.60. The Bertz CT molecular complexity index is 371. The maximum atomic E-state index is 11.3. The second kappa shape index (κ2) is 5.95. The van der Waals surface area contributed by atoms with Gasteiger partial charge in [0, 0.05) is 0 Å². The highest BCUT2D eigenvalue weighted by Crippen LogP contribution is 2.15. The molecular weight excluding hydrogens is 204 g/mol. The van der Waals surface area contributed by atoms with Gasteiger partial charge in [-0.1, -0.05) is 31.7 Å². The van der Waals surface area contributed by atoms with E-state index < -0.39 is 6.16 Å². The number of hydrogen-bond acceptors (Lipinski definition) is 3. The minimum Gasteiger partial charge on any atom is -0.431 e. The zero-order valence-electron chi connectivity index (χ0n) is 9.60. The molecule has 3 heteroatoms. The summed E-state index contributed by atoms with van der Waals surface area (Å²) >= 11 is 0. The molecule has 0 aliphatic heterocycles. The van der Waals surface area contributed by atoms with Gasteiger partial charge in [0.05, 0.1) is 0 Å². The monoisotopic (exact) mass is 220 g/mol. The molecule has 0 aliphatic rings. The summed E-state index contributed by atoms with van der Waals surface area (Å²) in [5.41, 5.74) is 0.897. The normalized spacial score (nSPS) is 11.6. The number of benzene rings is 1. The van der Waals surface area contributed by atoms with Crippen LogP contribution in [0.4, 0.5) is 4.79 Å². The van der Waals surface area contributed by atoms with Gasteiger partial charge in [-0.25, -0.2) is 4.79 Å². The summed E-state index contributed by atoms with van der Waals surface area (Å²) in [6.07, 6.45) is 1.65. The number of ether oxygens (including phenoxy) is 2. The third kappa shape index (κ3) is 3.77. The molecule has 1 unspecified atom stereocenters. The van der Waals surface area contributed by atoms with Crippen LogP contribution in [-0.2, 0) is 4.74 Å². The topological polar surface area (TPSA) is 35.5 Å². The van der Waals surface area contributed by atoms with Crippen molar-refractivity contribution >= 4 is 12.2 Å². The van der Waals surface area contributed by atoms with Crippen LogP contribution in [0.2, 0.25) is 0 Å². The summed E-state index contributed by atoms with van der Waals surface area (Å²) < 4.78 is 10.0. The van der Waals surface area contributed by atoms with Crippen LogP contribution in [0.25, 0.3) is 6.08 Å². The van der Waals surface area contributed by atoms with E-state index in [2.05, 4.69) is 6.58 Å². The van der Waals surface area contributed by atoms with Crippen molar-refractivity contribution in [3.8, 4) is 5.75 Å². The van der Waals surface area contributed by atoms with Gasteiger partial charge in [0.25, 0.3) is 0 Å². The predicted octanol–water partition coefficient (Wildman–Crippen LogP) is 3.64. The summed E-state index contributed by atoms with van der Waals surface area (Å²) in [6, 6.07) is 7.10. The lowest BCUT2D eigenvalue weighted by atomic mass is 10.2. The first-order chi connectivity index (χ1) is 7.65. The second-order valence-corrected chi connectivity index (χ2v) is 3.47. The molecule has 0 bridgehead atoms. The van der Waals surface area contributed by atoms with Gasteiger partial charge in [-0.2, -0.15) is 0 Å². The smallest absolute Gasteiger partial charge is 0.431 e. The van der Waals surface area contributed by atoms with Crippen molar-refractivity contribution in [3.63, 3.8) is 0 Å². The van der Waals surface area contributed by atoms with Crippen LogP contribution < -0.4 is 4.74 Å². The fourth-order valence-corrected chi connectivity index (χ4v) is 1.07. The van der Waals surface area contributed by atoms with Crippen molar-refractivity contribution in [3.05, 3.63) is 36.4 Å². The Kier molecular flexibility index (Phi) is 4.58. The van der Waals surface area contributed by atoms with E-state index in [1.807, 2.05) is 19.9 Å². The Morgan fingerprint density at radius 2 is 2.31 bits per heavy atom. The molecule has 86 valence electrons. The van der Waals surface area contributed by atoms with E-state index in [9.17, 15) is 4.79 Å². The molecule has 1 rings (SSSR count). The number of carbonyl (C=O) groups excluding carboxylic acids is 1. The van der Waals surface area contributed by atoms with E-state index in [-0.39, 0.29) is 6.10 Å². The first-order valence-corrected chi connectivity index (χ1v) is 5.26. The Labute approximate surface area is 95.7 Å². The van der Waals surface area contributed by atoms with Gasteiger partial charge in [-0.15, -0.1) is 0 Å². The Hall–Kier alpha value is -1.77. The molecule has 1 aromatic carbocycles. The van der Waals surface area contributed by atoms with Gasteiger partial charge in [-0.05, 0) is 31.0 Å². The maximum Gasteiger partial charge on any atom is 0.514 e. The average Bonchev–Trinajstić information content (AvgIpc) is 2.28. The van der Waals surface area contributed by atoms with Crippen molar-refractivity contribution < 1.29 is 14.3 Å². The molecule has 0 fully saturated rings. The van der Waals surface area contributed by atoms with E-state index in [1.54, 1.807) is 24.3 Å². The highest BCUT2D eigenvalue weighted by molar-refractivity contribution is 5.64. The minimum atomic E-state index is -0.671. The van der Waals surface area contributed by atoms with Crippen molar-refractivity contribution in [2.75, 3.05) is 0 Å². The third-order valence-electron chi connectivity index (χ3n) is 2.17.